The van der Waals surface area contributed by atoms with Gasteiger partial charge in [-0.3, -0.25) is 0 Å². The van der Waals surface area contributed by atoms with Gasteiger partial charge in [0.2, 0.25) is 0 Å². The highest BCUT2D eigenvalue weighted by Gasteiger charge is 2.11. The van der Waals surface area contributed by atoms with Crippen LogP contribution < -0.4 is 10.7 Å². The van der Waals surface area contributed by atoms with E-state index in [2.05, 4.69) is 31.8 Å². The fourth-order valence-electron chi connectivity index (χ4n) is 1.17. The van der Waals surface area contributed by atoms with Gasteiger partial charge in [0.15, 0.2) is 0 Å². The molecule has 5 heteroatoms. The molecule has 0 radical (unpaired) electrons. The Morgan fingerprint density at radius 3 is 2.57 bits per heavy atom. The molecule has 1 heterocycles. The summed E-state index contributed by atoms with van der Waals surface area (Å²) in [5, 5.41) is 6.60. The summed E-state index contributed by atoms with van der Waals surface area (Å²) in [6.45, 7) is 0.466. The standard InChI is InChI=1S/C9H8BrN3O/c10-7-3-1-6(2-4-7)8-5-11-9(14)13-12-8/h1-4H,5H2,(H2,11,13,14). The van der Waals surface area contributed by atoms with Gasteiger partial charge in [-0.2, -0.15) is 5.10 Å². The molecule has 0 aliphatic carbocycles. The van der Waals surface area contributed by atoms with Crippen LogP contribution in [0.4, 0.5) is 4.79 Å². The van der Waals surface area contributed by atoms with Crippen molar-refractivity contribution in [3.63, 3.8) is 0 Å². The Hall–Kier alpha value is -1.36. The fraction of sp³-hybridized carbons (Fsp3) is 0.111. The molecule has 0 fully saturated rings. The minimum Gasteiger partial charge on any atom is -0.331 e. The zero-order chi connectivity index (χ0) is 9.97. The van der Waals surface area contributed by atoms with Crippen LogP contribution in [0.3, 0.4) is 0 Å². The van der Waals surface area contributed by atoms with Crippen molar-refractivity contribution in [1.82, 2.24) is 10.7 Å². The van der Waals surface area contributed by atoms with E-state index >= 15 is 0 Å². The monoisotopic (exact) mass is 253 g/mol. The van der Waals surface area contributed by atoms with Crippen LogP contribution in [0, 0.1) is 0 Å². The van der Waals surface area contributed by atoms with E-state index < -0.39 is 0 Å². The molecular formula is C9H8BrN3O. The average Bonchev–Trinajstić information content (AvgIpc) is 2.21. The third kappa shape index (κ3) is 1.93. The number of halogens is 1. The van der Waals surface area contributed by atoms with Crippen molar-refractivity contribution < 1.29 is 4.79 Å². The first-order chi connectivity index (χ1) is 6.75. The van der Waals surface area contributed by atoms with Crippen molar-refractivity contribution in [1.29, 1.82) is 0 Å². The molecule has 0 unspecified atom stereocenters. The maximum Gasteiger partial charge on any atom is 0.335 e. The number of hydrogen-bond donors (Lipinski definition) is 2. The Labute approximate surface area is 89.5 Å². The topological polar surface area (TPSA) is 53.5 Å². The number of urea groups is 1. The highest BCUT2D eigenvalue weighted by molar-refractivity contribution is 9.10. The maximum absolute atomic E-state index is 10.8. The van der Waals surface area contributed by atoms with E-state index in [1.54, 1.807) is 0 Å². The second kappa shape index (κ2) is 3.79. The van der Waals surface area contributed by atoms with Gasteiger partial charge in [0.05, 0.1) is 12.3 Å². The van der Waals surface area contributed by atoms with Crippen molar-refractivity contribution in [3.8, 4) is 0 Å². The summed E-state index contributed by atoms with van der Waals surface area (Å²) < 4.78 is 1.02. The van der Waals surface area contributed by atoms with Crippen LogP contribution in [0.2, 0.25) is 0 Å². The third-order valence-corrected chi connectivity index (χ3v) is 2.41. The second-order valence-corrected chi connectivity index (χ2v) is 3.78. The van der Waals surface area contributed by atoms with Crippen LogP contribution in [0.5, 0.6) is 0 Å². The number of benzene rings is 1. The van der Waals surface area contributed by atoms with Crippen molar-refractivity contribution in [2.24, 2.45) is 5.10 Å². The first-order valence-electron chi connectivity index (χ1n) is 4.12. The van der Waals surface area contributed by atoms with Crippen LogP contribution in [0.15, 0.2) is 33.8 Å². The first kappa shape index (κ1) is 9.21. The predicted molar refractivity (Wildman–Crippen MR) is 57.2 cm³/mol. The number of hydrogen-bond acceptors (Lipinski definition) is 2. The lowest BCUT2D eigenvalue weighted by atomic mass is 10.1. The molecule has 1 aliphatic heterocycles. The molecule has 0 bridgehead atoms. The van der Waals surface area contributed by atoms with Crippen molar-refractivity contribution >= 4 is 27.7 Å². The molecule has 14 heavy (non-hydrogen) atoms. The molecule has 2 amide bonds. The maximum atomic E-state index is 10.8. The molecule has 1 aromatic rings. The smallest absolute Gasteiger partial charge is 0.331 e. The fourth-order valence-corrected chi connectivity index (χ4v) is 1.43. The van der Waals surface area contributed by atoms with Crippen molar-refractivity contribution in [2.45, 2.75) is 0 Å². The Kier molecular flexibility index (Phi) is 2.49. The van der Waals surface area contributed by atoms with Crippen LogP contribution >= 0.6 is 15.9 Å². The lowest BCUT2D eigenvalue weighted by molar-refractivity contribution is 0.241. The summed E-state index contributed by atoms with van der Waals surface area (Å²) in [6.07, 6.45) is 0. The summed E-state index contributed by atoms with van der Waals surface area (Å²) in [4.78, 5) is 10.8. The van der Waals surface area contributed by atoms with Crippen molar-refractivity contribution in [2.75, 3.05) is 6.54 Å². The number of rotatable bonds is 1. The van der Waals surface area contributed by atoms with Gasteiger partial charge in [-0.05, 0) is 17.7 Å². The molecule has 1 aromatic carbocycles. The number of amides is 2. The molecular weight excluding hydrogens is 246 g/mol. The zero-order valence-corrected chi connectivity index (χ0v) is 8.84. The van der Waals surface area contributed by atoms with E-state index in [9.17, 15) is 4.79 Å². The summed E-state index contributed by atoms with van der Waals surface area (Å²) in [5.41, 5.74) is 4.20. The summed E-state index contributed by atoms with van der Waals surface area (Å²) in [7, 11) is 0. The molecule has 2 rings (SSSR count). The third-order valence-electron chi connectivity index (χ3n) is 1.89. The van der Waals surface area contributed by atoms with E-state index in [0.717, 1.165) is 15.7 Å². The molecule has 2 N–H and O–H groups in total. The minimum absolute atomic E-state index is 0.258. The van der Waals surface area contributed by atoms with Gasteiger partial charge in [-0.25, -0.2) is 10.2 Å². The number of carbonyl (C=O) groups excluding carboxylic acids is 1. The van der Waals surface area contributed by atoms with E-state index in [1.165, 1.54) is 0 Å². The molecule has 0 atom stereocenters. The molecule has 1 aliphatic rings. The van der Waals surface area contributed by atoms with E-state index in [0.29, 0.717) is 6.54 Å². The van der Waals surface area contributed by atoms with Gasteiger partial charge in [0.25, 0.3) is 0 Å². The SMILES string of the molecule is O=C1NCC(c2ccc(Br)cc2)=NN1. The quantitative estimate of drug-likeness (QED) is 0.783. The van der Waals surface area contributed by atoms with E-state index in [4.69, 9.17) is 0 Å². The normalized spacial score (nSPS) is 15.5. The number of hydrazone groups is 1. The Morgan fingerprint density at radius 1 is 1.29 bits per heavy atom. The molecule has 4 nitrogen and oxygen atoms in total. The summed E-state index contributed by atoms with van der Waals surface area (Å²) >= 11 is 3.35. The van der Waals surface area contributed by atoms with Crippen LogP contribution in [-0.4, -0.2) is 18.3 Å². The van der Waals surface area contributed by atoms with Gasteiger partial charge in [0.1, 0.15) is 0 Å². The summed E-state index contributed by atoms with van der Waals surface area (Å²) in [6, 6.07) is 7.51. The molecule has 72 valence electrons. The lowest BCUT2D eigenvalue weighted by Gasteiger charge is -2.13. The summed E-state index contributed by atoms with van der Waals surface area (Å²) in [5.74, 6) is 0. The Balaban J connectivity index is 2.23. The van der Waals surface area contributed by atoms with Gasteiger partial charge in [0, 0.05) is 4.47 Å². The van der Waals surface area contributed by atoms with Gasteiger partial charge >= 0.3 is 6.03 Å². The molecule has 0 aromatic heterocycles. The van der Waals surface area contributed by atoms with Crippen LogP contribution in [0.1, 0.15) is 5.56 Å². The van der Waals surface area contributed by atoms with E-state index in [1.807, 2.05) is 24.3 Å². The Bertz CT molecular complexity index is 386. The first-order valence-corrected chi connectivity index (χ1v) is 4.91. The average molecular weight is 254 g/mol. The highest BCUT2D eigenvalue weighted by atomic mass is 79.9. The van der Waals surface area contributed by atoms with Crippen LogP contribution in [0.25, 0.3) is 0 Å². The minimum atomic E-state index is -0.258. The van der Waals surface area contributed by atoms with Gasteiger partial charge in [-0.1, -0.05) is 28.1 Å². The van der Waals surface area contributed by atoms with Crippen LogP contribution in [-0.2, 0) is 0 Å². The van der Waals surface area contributed by atoms with Gasteiger partial charge in [-0.15, -0.1) is 0 Å². The Morgan fingerprint density at radius 2 is 2.00 bits per heavy atom. The van der Waals surface area contributed by atoms with Crippen molar-refractivity contribution in [3.05, 3.63) is 34.3 Å². The predicted octanol–water partition coefficient (Wildman–Crippen LogP) is 1.47. The largest absolute Gasteiger partial charge is 0.335 e. The lowest BCUT2D eigenvalue weighted by Crippen LogP contribution is -2.42. The molecule has 0 saturated heterocycles. The van der Waals surface area contributed by atoms with Gasteiger partial charge < -0.3 is 5.32 Å². The molecule has 0 spiro atoms. The zero-order valence-electron chi connectivity index (χ0n) is 7.25. The molecule has 0 saturated carbocycles. The highest BCUT2D eigenvalue weighted by Crippen LogP contribution is 2.11. The number of nitrogens with one attached hydrogen (secondary N) is 2. The second-order valence-electron chi connectivity index (χ2n) is 2.86. The number of nitrogens with zero attached hydrogens (tertiary/aromatic N) is 1. The number of carbonyl (C=O) groups is 1. The van der Waals surface area contributed by atoms with E-state index in [-0.39, 0.29) is 6.03 Å².